The molecule has 1 aromatic heterocycles. The Bertz CT molecular complexity index is 746. The van der Waals surface area contributed by atoms with Crippen molar-refractivity contribution in [1.82, 2.24) is 15.6 Å². The first kappa shape index (κ1) is 16.0. The summed E-state index contributed by atoms with van der Waals surface area (Å²) in [5.41, 5.74) is 1.19. The minimum Gasteiger partial charge on any atom is -0.480 e. The molecule has 1 aliphatic carbocycles. The molecule has 7 heteroatoms. The second-order valence-electron chi connectivity index (χ2n) is 6.09. The van der Waals surface area contributed by atoms with E-state index in [1.54, 1.807) is 6.07 Å². The van der Waals surface area contributed by atoms with Crippen molar-refractivity contribution in [1.29, 1.82) is 0 Å². The van der Waals surface area contributed by atoms with Gasteiger partial charge >= 0.3 is 5.97 Å². The number of carboxylic acid groups (broad SMARTS) is 1. The summed E-state index contributed by atoms with van der Waals surface area (Å²) < 4.78 is 0. The van der Waals surface area contributed by atoms with Gasteiger partial charge in [-0.25, -0.2) is 4.79 Å². The van der Waals surface area contributed by atoms with E-state index in [0.29, 0.717) is 18.0 Å². The third-order valence-corrected chi connectivity index (χ3v) is 4.08. The van der Waals surface area contributed by atoms with Crippen LogP contribution in [-0.4, -0.2) is 40.5 Å². The van der Waals surface area contributed by atoms with Crippen molar-refractivity contribution >= 4 is 28.7 Å². The average Bonchev–Trinajstić information content (AvgIpc) is 3.26. The Morgan fingerprint density at radius 2 is 2.00 bits per heavy atom. The minimum absolute atomic E-state index is 0.261. The van der Waals surface area contributed by atoms with Crippen LogP contribution in [-0.2, 0) is 9.59 Å². The Morgan fingerprint density at radius 3 is 2.67 bits per heavy atom. The number of carbonyl (C=O) groups is 3. The zero-order valence-corrected chi connectivity index (χ0v) is 13.0. The summed E-state index contributed by atoms with van der Waals surface area (Å²) in [5, 5.41) is 15.0. The number of aliphatic carboxylic acids is 1. The molecule has 0 aliphatic heterocycles. The van der Waals surface area contributed by atoms with Crippen molar-refractivity contribution in [2.45, 2.75) is 25.3 Å². The Kier molecular flexibility index (Phi) is 4.50. The highest BCUT2D eigenvalue weighted by Gasteiger charge is 2.30. The van der Waals surface area contributed by atoms with Gasteiger partial charge in [0.05, 0.1) is 6.54 Å². The van der Waals surface area contributed by atoms with Crippen LogP contribution in [0.2, 0.25) is 0 Å². The van der Waals surface area contributed by atoms with Crippen LogP contribution in [0.1, 0.15) is 29.8 Å². The lowest BCUT2D eigenvalue weighted by atomic mass is 10.1. The molecule has 1 saturated carbocycles. The van der Waals surface area contributed by atoms with E-state index in [0.717, 1.165) is 23.7 Å². The van der Waals surface area contributed by atoms with E-state index in [2.05, 4.69) is 15.6 Å². The van der Waals surface area contributed by atoms with E-state index in [1.807, 2.05) is 24.3 Å². The fourth-order valence-corrected chi connectivity index (χ4v) is 2.61. The number of carbonyl (C=O) groups excluding carboxylic acids is 2. The maximum Gasteiger partial charge on any atom is 0.326 e. The number of aromatic nitrogens is 1. The highest BCUT2D eigenvalue weighted by atomic mass is 16.4. The summed E-state index contributed by atoms with van der Waals surface area (Å²) in [5.74, 6) is -1.58. The largest absolute Gasteiger partial charge is 0.480 e. The Balaban J connectivity index is 1.52. The molecule has 0 spiro atoms. The number of H-pyrrole nitrogens is 1. The van der Waals surface area contributed by atoms with Crippen LogP contribution in [0.15, 0.2) is 30.3 Å². The van der Waals surface area contributed by atoms with Crippen LogP contribution in [0.3, 0.4) is 0 Å². The number of para-hydroxylation sites is 1. The van der Waals surface area contributed by atoms with E-state index < -0.39 is 23.8 Å². The van der Waals surface area contributed by atoms with Gasteiger partial charge in [-0.15, -0.1) is 0 Å². The summed E-state index contributed by atoms with van der Waals surface area (Å²) in [6, 6.07) is 8.28. The fraction of sp³-hybridized carbons (Fsp3) is 0.353. The van der Waals surface area contributed by atoms with Gasteiger partial charge in [-0.2, -0.15) is 0 Å². The molecule has 1 aromatic carbocycles. The van der Waals surface area contributed by atoms with Crippen LogP contribution in [0.25, 0.3) is 10.9 Å². The number of benzene rings is 1. The summed E-state index contributed by atoms with van der Waals surface area (Å²) in [6.45, 7) is -0.261. The van der Waals surface area contributed by atoms with Crippen molar-refractivity contribution in [3.05, 3.63) is 36.0 Å². The van der Waals surface area contributed by atoms with Gasteiger partial charge in [-0.05, 0) is 24.5 Å². The van der Waals surface area contributed by atoms with Crippen LogP contribution in [0.5, 0.6) is 0 Å². The SMILES string of the molecule is O=C(CNC(=O)c1cc2ccccc2[nH]1)NC(CC1CC1)C(=O)O. The topological polar surface area (TPSA) is 111 Å². The number of fused-ring (bicyclic) bond motifs is 1. The first-order valence-electron chi connectivity index (χ1n) is 7.91. The predicted octanol–water partition coefficient (Wildman–Crippen LogP) is 1.27. The summed E-state index contributed by atoms with van der Waals surface area (Å²) >= 11 is 0. The van der Waals surface area contributed by atoms with Gasteiger partial charge in [0.25, 0.3) is 5.91 Å². The highest BCUT2D eigenvalue weighted by molar-refractivity contribution is 5.99. The van der Waals surface area contributed by atoms with Gasteiger partial charge in [-0.1, -0.05) is 31.0 Å². The second-order valence-corrected chi connectivity index (χ2v) is 6.09. The van der Waals surface area contributed by atoms with E-state index in [1.165, 1.54) is 0 Å². The van der Waals surface area contributed by atoms with Gasteiger partial charge in [0.15, 0.2) is 0 Å². The quantitative estimate of drug-likeness (QED) is 0.613. The van der Waals surface area contributed by atoms with Gasteiger partial charge in [-0.3, -0.25) is 9.59 Å². The Labute approximate surface area is 138 Å². The molecule has 2 aromatic rings. The smallest absolute Gasteiger partial charge is 0.326 e. The number of carboxylic acids is 1. The zero-order valence-electron chi connectivity index (χ0n) is 13.0. The Morgan fingerprint density at radius 1 is 1.25 bits per heavy atom. The monoisotopic (exact) mass is 329 g/mol. The third kappa shape index (κ3) is 3.92. The van der Waals surface area contributed by atoms with Gasteiger partial charge in [0, 0.05) is 10.9 Å². The number of hydrogen-bond donors (Lipinski definition) is 4. The van der Waals surface area contributed by atoms with Gasteiger partial charge < -0.3 is 20.7 Å². The van der Waals surface area contributed by atoms with Crippen LogP contribution >= 0.6 is 0 Å². The first-order valence-corrected chi connectivity index (χ1v) is 7.91. The van der Waals surface area contributed by atoms with Crippen LogP contribution in [0.4, 0.5) is 0 Å². The molecule has 4 N–H and O–H groups in total. The lowest BCUT2D eigenvalue weighted by molar-refractivity contribution is -0.142. The number of amides is 2. The van der Waals surface area contributed by atoms with Gasteiger partial charge in [0.1, 0.15) is 11.7 Å². The van der Waals surface area contributed by atoms with Crippen LogP contribution < -0.4 is 10.6 Å². The fourth-order valence-electron chi connectivity index (χ4n) is 2.61. The predicted molar refractivity (Wildman–Crippen MR) is 87.5 cm³/mol. The maximum absolute atomic E-state index is 12.1. The molecular formula is C17H19N3O4. The molecular weight excluding hydrogens is 310 g/mol. The second kappa shape index (κ2) is 6.74. The average molecular weight is 329 g/mol. The van der Waals surface area contributed by atoms with Crippen molar-refractivity contribution in [3.8, 4) is 0 Å². The molecule has 126 valence electrons. The molecule has 1 atom stereocenters. The molecule has 3 rings (SSSR count). The molecule has 1 aliphatic rings. The number of aromatic amines is 1. The number of hydrogen-bond acceptors (Lipinski definition) is 3. The molecule has 0 bridgehead atoms. The summed E-state index contributed by atoms with van der Waals surface area (Å²) in [7, 11) is 0. The minimum atomic E-state index is -1.04. The number of rotatable bonds is 7. The molecule has 0 radical (unpaired) electrons. The summed E-state index contributed by atoms with van der Waals surface area (Å²) in [6.07, 6.45) is 2.46. The van der Waals surface area contributed by atoms with E-state index >= 15 is 0 Å². The van der Waals surface area contributed by atoms with Crippen molar-refractivity contribution in [2.24, 2.45) is 5.92 Å². The van der Waals surface area contributed by atoms with E-state index in [9.17, 15) is 14.4 Å². The lowest BCUT2D eigenvalue weighted by Gasteiger charge is -2.14. The lowest BCUT2D eigenvalue weighted by Crippen LogP contribution is -2.45. The maximum atomic E-state index is 12.1. The van der Waals surface area contributed by atoms with Crippen molar-refractivity contribution in [3.63, 3.8) is 0 Å². The molecule has 1 unspecified atom stereocenters. The zero-order chi connectivity index (χ0) is 17.1. The Hall–Kier alpha value is -2.83. The molecule has 1 heterocycles. The van der Waals surface area contributed by atoms with E-state index in [4.69, 9.17) is 5.11 Å². The standard InChI is InChI=1S/C17H19N3O4/c21-15(20-14(17(23)24)7-10-5-6-10)9-18-16(22)13-8-11-3-1-2-4-12(11)19-13/h1-4,8,10,14,19H,5-7,9H2,(H,18,22)(H,20,21)(H,23,24). The molecule has 1 fully saturated rings. The van der Waals surface area contributed by atoms with Gasteiger partial charge in [0.2, 0.25) is 5.91 Å². The molecule has 0 saturated heterocycles. The normalized spacial score (nSPS) is 15.0. The van der Waals surface area contributed by atoms with Crippen molar-refractivity contribution < 1.29 is 19.5 Å². The van der Waals surface area contributed by atoms with Crippen molar-refractivity contribution in [2.75, 3.05) is 6.54 Å². The number of nitrogens with one attached hydrogen (secondary N) is 3. The summed E-state index contributed by atoms with van der Waals surface area (Å²) in [4.78, 5) is 38.1. The highest BCUT2D eigenvalue weighted by Crippen LogP contribution is 2.33. The molecule has 7 nitrogen and oxygen atoms in total. The van der Waals surface area contributed by atoms with E-state index in [-0.39, 0.29) is 6.54 Å². The van der Waals surface area contributed by atoms with Crippen LogP contribution in [0, 0.1) is 5.92 Å². The molecule has 2 amide bonds. The first-order chi connectivity index (χ1) is 11.5. The molecule has 24 heavy (non-hydrogen) atoms. The third-order valence-electron chi connectivity index (χ3n) is 4.08.